The van der Waals surface area contributed by atoms with Crippen LogP contribution < -0.4 is 14.5 Å². The molecule has 1 saturated heterocycles. The molecule has 0 aromatic heterocycles. The molecule has 0 bridgehead atoms. The Bertz CT molecular complexity index is 572. The Hall–Kier alpha value is -1.95. The van der Waals surface area contributed by atoms with Crippen LogP contribution in [0.4, 0.5) is 11.4 Å². The lowest BCUT2D eigenvalue weighted by atomic mass is 10.2. The number of thioether (sulfide) groups is 1. The van der Waals surface area contributed by atoms with Gasteiger partial charge in [0, 0.05) is 6.54 Å². The third kappa shape index (κ3) is 2.06. The van der Waals surface area contributed by atoms with Gasteiger partial charge in [-0.25, -0.2) is 0 Å². The molecule has 2 aliphatic heterocycles. The Kier molecular flexibility index (Phi) is 3.40. The molecule has 1 fully saturated rings. The number of hydrogen-bond acceptors (Lipinski definition) is 5. The Morgan fingerprint density at radius 2 is 2.25 bits per heavy atom. The molecular formula is C14H15N3O2S. The molecule has 5 nitrogen and oxygen atoms in total. The van der Waals surface area contributed by atoms with Crippen LogP contribution in [0, 0.1) is 5.41 Å². The van der Waals surface area contributed by atoms with Crippen LogP contribution >= 0.6 is 11.8 Å². The number of benzene rings is 1. The Labute approximate surface area is 121 Å². The van der Waals surface area contributed by atoms with Gasteiger partial charge in [0.1, 0.15) is 6.61 Å². The number of ether oxygens (including phenoxy) is 1. The summed E-state index contributed by atoms with van der Waals surface area (Å²) in [6.07, 6.45) is 1.85. The van der Waals surface area contributed by atoms with E-state index in [2.05, 4.69) is 11.5 Å². The van der Waals surface area contributed by atoms with E-state index in [1.54, 1.807) is 0 Å². The third-order valence-corrected chi connectivity index (χ3v) is 4.14. The smallest absolute Gasteiger partial charge is 0.243 e. The van der Waals surface area contributed by atoms with E-state index in [0.717, 1.165) is 18.8 Å². The Morgan fingerprint density at radius 1 is 1.45 bits per heavy atom. The number of carbonyl (C=O) groups is 1. The molecule has 3 rings (SSSR count). The fraction of sp³-hybridized carbons (Fsp3) is 0.286. The lowest BCUT2D eigenvalue weighted by Gasteiger charge is -2.32. The summed E-state index contributed by atoms with van der Waals surface area (Å²) in [5.41, 5.74) is 1.61. The van der Waals surface area contributed by atoms with Crippen LogP contribution in [-0.2, 0) is 4.79 Å². The maximum atomic E-state index is 12.0. The molecule has 2 aliphatic rings. The summed E-state index contributed by atoms with van der Waals surface area (Å²) in [5.74, 6) is 0.929. The van der Waals surface area contributed by atoms with Crippen molar-refractivity contribution in [1.29, 1.82) is 5.41 Å². The molecule has 1 N–H and O–H groups in total. The first kappa shape index (κ1) is 13.1. The van der Waals surface area contributed by atoms with Crippen molar-refractivity contribution < 1.29 is 9.53 Å². The number of amidine groups is 1. The van der Waals surface area contributed by atoms with Crippen LogP contribution in [0.3, 0.4) is 0 Å². The number of carbonyl (C=O) groups excluding carboxylic acids is 1. The zero-order valence-electron chi connectivity index (χ0n) is 11.0. The molecule has 1 aromatic rings. The molecule has 0 atom stereocenters. The number of anilines is 2. The van der Waals surface area contributed by atoms with E-state index in [4.69, 9.17) is 10.1 Å². The van der Waals surface area contributed by atoms with Crippen molar-refractivity contribution in [2.24, 2.45) is 0 Å². The van der Waals surface area contributed by atoms with Crippen LogP contribution in [0.2, 0.25) is 0 Å². The summed E-state index contributed by atoms with van der Waals surface area (Å²) in [6.45, 7) is 5.87. The molecule has 0 radical (unpaired) electrons. The topological polar surface area (TPSA) is 56.6 Å². The van der Waals surface area contributed by atoms with E-state index in [1.165, 1.54) is 16.7 Å². The van der Waals surface area contributed by atoms with Gasteiger partial charge in [0.15, 0.2) is 10.9 Å². The SMILES string of the molecule is C=CCN1CCOc2c1cccc2N1C(=N)SCC1=O. The number of hydrogen-bond donors (Lipinski definition) is 1. The lowest BCUT2D eigenvalue weighted by molar-refractivity contribution is -0.115. The first-order valence-electron chi connectivity index (χ1n) is 6.38. The van der Waals surface area contributed by atoms with E-state index in [0.29, 0.717) is 23.8 Å². The summed E-state index contributed by atoms with van der Waals surface area (Å²) in [7, 11) is 0. The molecule has 1 aromatic carbocycles. The van der Waals surface area contributed by atoms with E-state index >= 15 is 0 Å². The second-order valence-electron chi connectivity index (χ2n) is 4.53. The van der Waals surface area contributed by atoms with E-state index < -0.39 is 0 Å². The van der Waals surface area contributed by atoms with Gasteiger partial charge in [-0.1, -0.05) is 23.9 Å². The van der Waals surface area contributed by atoms with Crippen LogP contribution in [-0.4, -0.2) is 36.5 Å². The molecule has 6 heteroatoms. The second kappa shape index (κ2) is 5.20. The maximum Gasteiger partial charge on any atom is 0.243 e. The largest absolute Gasteiger partial charge is 0.487 e. The molecule has 0 aliphatic carbocycles. The van der Waals surface area contributed by atoms with E-state index in [9.17, 15) is 4.79 Å². The van der Waals surface area contributed by atoms with Crippen molar-refractivity contribution in [2.75, 3.05) is 35.2 Å². The number of para-hydroxylation sites is 1. The quantitative estimate of drug-likeness (QED) is 0.866. The normalized spacial score (nSPS) is 18.0. The van der Waals surface area contributed by atoms with Gasteiger partial charge in [-0.3, -0.25) is 15.1 Å². The number of rotatable bonds is 3. The summed E-state index contributed by atoms with van der Waals surface area (Å²) < 4.78 is 5.76. The van der Waals surface area contributed by atoms with Crippen LogP contribution in [0.5, 0.6) is 5.75 Å². The van der Waals surface area contributed by atoms with Crippen molar-refractivity contribution in [3.63, 3.8) is 0 Å². The Morgan fingerprint density at radius 3 is 2.95 bits per heavy atom. The number of fused-ring (bicyclic) bond motifs is 1. The van der Waals surface area contributed by atoms with Gasteiger partial charge in [0.25, 0.3) is 0 Å². The van der Waals surface area contributed by atoms with Crippen LogP contribution in [0.1, 0.15) is 0 Å². The van der Waals surface area contributed by atoms with Crippen LogP contribution in [0.25, 0.3) is 0 Å². The highest BCUT2D eigenvalue weighted by Crippen LogP contribution is 2.42. The highest BCUT2D eigenvalue weighted by atomic mass is 32.2. The molecule has 0 spiro atoms. The minimum absolute atomic E-state index is 0.0714. The molecule has 0 unspecified atom stereocenters. The van der Waals surface area contributed by atoms with Crippen molar-refractivity contribution in [2.45, 2.75) is 0 Å². The molecule has 2 heterocycles. The van der Waals surface area contributed by atoms with Gasteiger partial charge in [-0.2, -0.15) is 0 Å². The Balaban J connectivity index is 2.05. The second-order valence-corrected chi connectivity index (χ2v) is 5.50. The maximum absolute atomic E-state index is 12.0. The molecule has 20 heavy (non-hydrogen) atoms. The average Bonchev–Trinajstić information content (AvgIpc) is 2.78. The van der Waals surface area contributed by atoms with Gasteiger partial charge in [0.2, 0.25) is 5.91 Å². The summed E-state index contributed by atoms with van der Waals surface area (Å²) in [6, 6.07) is 5.69. The summed E-state index contributed by atoms with van der Waals surface area (Å²) >= 11 is 1.24. The highest BCUT2D eigenvalue weighted by molar-refractivity contribution is 8.15. The molecule has 1 amide bonds. The molecule has 104 valence electrons. The highest BCUT2D eigenvalue weighted by Gasteiger charge is 2.32. The zero-order chi connectivity index (χ0) is 14.1. The van der Waals surface area contributed by atoms with Gasteiger partial charge in [-0.05, 0) is 12.1 Å². The summed E-state index contributed by atoms with van der Waals surface area (Å²) in [5, 5.41) is 8.16. The minimum atomic E-state index is -0.0714. The minimum Gasteiger partial charge on any atom is -0.487 e. The fourth-order valence-electron chi connectivity index (χ4n) is 2.43. The number of nitrogens with one attached hydrogen (secondary N) is 1. The standard InChI is InChI=1S/C14H15N3O2S/c1-2-6-16-7-8-19-13-10(16)4-3-5-11(13)17-12(18)9-20-14(17)15/h2-5,15H,1,6-9H2. The zero-order valence-corrected chi connectivity index (χ0v) is 11.8. The van der Waals surface area contributed by atoms with Crippen LogP contribution in [0.15, 0.2) is 30.9 Å². The first-order valence-corrected chi connectivity index (χ1v) is 7.37. The monoisotopic (exact) mass is 289 g/mol. The van der Waals surface area contributed by atoms with Gasteiger partial charge in [0.05, 0.1) is 23.7 Å². The fourth-order valence-corrected chi connectivity index (χ4v) is 3.14. The molecule has 0 saturated carbocycles. The summed E-state index contributed by atoms with van der Waals surface area (Å²) in [4.78, 5) is 15.5. The van der Waals surface area contributed by atoms with Crippen molar-refractivity contribution >= 4 is 34.2 Å². The third-order valence-electron chi connectivity index (χ3n) is 3.30. The van der Waals surface area contributed by atoms with Gasteiger partial charge >= 0.3 is 0 Å². The van der Waals surface area contributed by atoms with Gasteiger partial charge in [-0.15, -0.1) is 6.58 Å². The van der Waals surface area contributed by atoms with Crippen molar-refractivity contribution in [3.05, 3.63) is 30.9 Å². The lowest BCUT2D eigenvalue weighted by Crippen LogP contribution is -2.35. The first-order chi connectivity index (χ1) is 9.72. The predicted octanol–water partition coefficient (Wildman–Crippen LogP) is 2.09. The van der Waals surface area contributed by atoms with Crippen molar-refractivity contribution in [3.8, 4) is 5.75 Å². The predicted molar refractivity (Wildman–Crippen MR) is 82.0 cm³/mol. The molecular weight excluding hydrogens is 274 g/mol. The van der Waals surface area contributed by atoms with Gasteiger partial charge < -0.3 is 9.64 Å². The van der Waals surface area contributed by atoms with Crippen molar-refractivity contribution in [1.82, 2.24) is 0 Å². The number of amides is 1. The average molecular weight is 289 g/mol. The number of nitrogens with zero attached hydrogens (tertiary/aromatic N) is 2. The van der Waals surface area contributed by atoms with E-state index in [1.807, 2.05) is 24.3 Å². The van der Waals surface area contributed by atoms with E-state index in [-0.39, 0.29) is 11.1 Å².